The standard InChI is InChI=1S/C18H18ClN3O/c1-14(11-12-15-7-3-2-4-8-15)21-22-18(23)13-20-17-10-6-5-9-16(17)19/h2-12,20H,13H2,1H3,(H,22,23)/b12-11+,21-14-. The van der Waals surface area contributed by atoms with Crippen LogP contribution < -0.4 is 10.7 Å². The third-order valence-corrected chi connectivity index (χ3v) is 3.32. The lowest BCUT2D eigenvalue weighted by molar-refractivity contribution is -0.119. The van der Waals surface area contributed by atoms with E-state index in [9.17, 15) is 4.79 Å². The van der Waals surface area contributed by atoms with Gasteiger partial charge in [0.15, 0.2) is 0 Å². The number of hydrogen-bond donors (Lipinski definition) is 2. The second-order valence-electron chi connectivity index (χ2n) is 4.87. The molecule has 4 nitrogen and oxygen atoms in total. The van der Waals surface area contributed by atoms with Crippen molar-refractivity contribution in [2.45, 2.75) is 6.92 Å². The quantitative estimate of drug-likeness (QED) is 0.623. The zero-order valence-corrected chi connectivity index (χ0v) is 13.5. The van der Waals surface area contributed by atoms with Crippen molar-refractivity contribution in [3.05, 3.63) is 71.3 Å². The summed E-state index contributed by atoms with van der Waals surface area (Å²) in [6.45, 7) is 1.92. The number of nitrogens with zero attached hydrogens (tertiary/aromatic N) is 1. The van der Waals surface area contributed by atoms with Gasteiger partial charge in [0.2, 0.25) is 0 Å². The normalized spacial score (nSPS) is 11.5. The molecule has 0 radical (unpaired) electrons. The zero-order valence-electron chi connectivity index (χ0n) is 12.8. The van der Waals surface area contributed by atoms with Gasteiger partial charge in [0.05, 0.1) is 23.0 Å². The lowest BCUT2D eigenvalue weighted by atomic mass is 10.2. The third-order valence-electron chi connectivity index (χ3n) is 2.99. The smallest absolute Gasteiger partial charge is 0.259 e. The monoisotopic (exact) mass is 327 g/mol. The van der Waals surface area contributed by atoms with E-state index in [0.29, 0.717) is 16.4 Å². The minimum Gasteiger partial charge on any atom is -0.375 e. The van der Waals surface area contributed by atoms with Gasteiger partial charge in [-0.15, -0.1) is 0 Å². The number of hydrogen-bond acceptors (Lipinski definition) is 3. The number of rotatable bonds is 6. The maximum Gasteiger partial charge on any atom is 0.259 e. The molecule has 0 fully saturated rings. The van der Waals surface area contributed by atoms with E-state index in [1.165, 1.54) is 0 Å². The molecule has 23 heavy (non-hydrogen) atoms. The van der Waals surface area contributed by atoms with Gasteiger partial charge in [0.25, 0.3) is 5.91 Å². The molecule has 2 aromatic carbocycles. The molecule has 0 heterocycles. The minimum atomic E-state index is -0.239. The average Bonchev–Trinajstić information content (AvgIpc) is 2.58. The zero-order chi connectivity index (χ0) is 16.5. The predicted molar refractivity (Wildman–Crippen MR) is 96.7 cm³/mol. The summed E-state index contributed by atoms with van der Waals surface area (Å²) < 4.78 is 0. The Hall–Kier alpha value is -2.59. The number of carbonyl (C=O) groups is 1. The topological polar surface area (TPSA) is 53.5 Å². The van der Waals surface area contributed by atoms with Gasteiger partial charge >= 0.3 is 0 Å². The summed E-state index contributed by atoms with van der Waals surface area (Å²) >= 11 is 6.00. The van der Waals surface area contributed by atoms with Crippen molar-refractivity contribution in [3.8, 4) is 0 Å². The molecule has 1 amide bonds. The molecule has 0 aliphatic carbocycles. The fourth-order valence-corrected chi connectivity index (χ4v) is 1.99. The van der Waals surface area contributed by atoms with Crippen molar-refractivity contribution in [1.82, 2.24) is 5.43 Å². The number of nitrogens with one attached hydrogen (secondary N) is 2. The number of allylic oxidation sites excluding steroid dienone is 1. The van der Waals surface area contributed by atoms with E-state index in [1.54, 1.807) is 6.07 Å². The molecular formula is C18H18ClN3O. The van der Waals surface area contributed by atoms with Crippen LogP contribution in [0.3, 0.4) is 0 Å². The van der Waals surface area contributed by atoms with Gasteiger partial charge in [-0.05, 0) is 30.7 Å². The summed E-state index contributed by atoms with van der Waals surface area (Å²) in [6, 6.07) is 17.1. The Bertz CT molecular complexity index is 711. The number of benzene rings is 2. The van der Waals surface area contributed by atoms with Crippen molar-refractivity contribution in [1.29, 1.82) is 0 Å². The number of anilines is 1. The average molecular weight is 328 g/mol. The largest absolute Gasteiger partial charge is 0.375 e. The van der Waals surface area contributed by atoms with Gasteiger partial charge < -0.3 is 5.32 Å². The molecule has 2 N–H and O–H groups in total. The van der Waals surface area contributed by atoms with Crippen LogP contribution in [0.5, 0.6) is 0 Å². The fourth-order valence-electron chi connectivity index (χ4n) is 1.79. The van der Waals surface area contributed by atoms with Crippen LogP contribution in [0, 0.1) is 0 Å². The highest BCUT2D eigenvalue weighted by Gasteiger charge is 2.02. The van der Waals surface area contributed by atoms with Crippen LogP contribution in [0.2, 0.25) is 5.02 Å². The Labute approximate surface area is 140 Å². The van der Waals surface area contributed by atoms with Gasteiger partial charge in [-0.3, -0.25) is 4.79 Å². The van der Waals surface area contributed by atoms with Crippen LogP contribution in [0.15, 0.2) is 65.8 Å². The lowest BCUT2D eigenvalue weighted by Gasteiger charge is -2.06. The van der Waals surface area contributed by atoms with Crippen molar-refractivity contribution in [3.63, 3.8) is 0 Å². The second-order valence-corrected chi connectivity index (χ2v) is 5.27. The Balaban J connectivity index is 1.81. The van der Waals surface area contributed by atoms with E-state index >= 15 is 0 Å². The predicted octanol–water partition coefficient (Wildman–Crippen LogP) is 3.96. The summed E-state index contributed by atoms with van der Waals surface area (Å²) in [6.07, 6.45) is 3.78. The van der Waals surface area contributed by atoms with Crippen LogP contribution in [-0.4, -0.2) is 18.2 Å². The summed E-state index contributed by atoms with van der Waals surface area (Å²) in [4.78, 5) is 11.8. The molecule has 0 bridgehead atoms. The first-order chi connectivity index (χ1) is 11.1. The molecule has 2 rings (SSSR count). The lowest BCUT2D eigenvalue weighted by Crippen LogP contribution is -2.26. The van der Waals surface area contributed by atoms with Crippen LogP contribution >= 0.6 is 11.6 Å². The van der Waals surface area contributed by atoms with Crippen LogP contribution in [0.1, 0.15) is 12.5 Å². The molecule has 0 spiro atoms. The van der Waals surface area contributed by atoms with Crippen LogP contribution in [0.25, 0.3) is 6.08 Å². The van der Waals surface area contributed by atoms with Crippen molar-refractivity contribution < 1.29 is 4.79 Å². The van der Waals surface area contributed by atoms with E-state index in [1.807, 2.05) is 67.6 Å². The third kappa shape index (κ3) is 5.96. The van der Waals surface area contributed by atoms with E-state index in [4.69, 9.17) is 11.6 Å². The Morgan fingerprint density at radius 3 is 2.57 bits per heavy atom. The van der Waals surface area contributed by atoms with E-state index in [2.05, 4.69) is 15.8 Å². The van der Waals surface area contributed by atoms with Gasteiger partial charge in [-0.1, -0.05) is 60.1 Å². The molecular weight excluding hydrogens is 310 g/mol. The van der Waals surface area contributed by atoms with Crippen molar-refractivity contribution in [2.75, 3.05) is 11.9 Å². The highest BCUT2D eigenvalue weighted by Crippen LogP contribution is 2.19. The fraction of sp³-hybridized carbons (Fsp3) is 0.111. The maximum absolute atomic E-state index is 11.8. The Kier molecular flexibility index (Phi) is 6.39. The minimum absolute atomic E-state index is 0.100. The first-order valence-electron chi connectivity index (χ1n) is 7.20. The number of halogens is 1. The van der Waals surface area contributed by atoms with Crippen molar-refractivity contribution >= 4 is 35.0 Å². The SMILES string of the molecule is CC(/C=C/c1ccccc1)=N/NC(=O)CNc1ccccc1Cl. The molecule has 5 heteroatoms. The molecule has 0 aromatic heterocycles. The van der Waals surface area contributed by atoms with E-state index in [-0.39, 0.29) is 12.5 Å². The molecule has 118 valence electrons. The molecule has 0 aliphatic rings. The van der Waals surface area contributed by atoms with Crippen LogP contribution in [0.4, 0.5) is 5.69 Å². The molecule has 0 unspecified atom stereocenters. The van der Waals surface area contributed by atoms with Gasteiger partial charge in [-0.2, -0.15) is 5.10 Å². The maximum atomic E-state index is 11.8. The Morgan fingerprint density at radius 2 is 1.83 bits per heavy atom. The molecule has 2 aromatic rings. The van der Waals surface area contributed by atoms with Gasteiger partial charge in [0, 0.05) is 0 Å². The number of hydrazone groups is 1. The molecule has 0 saturated carbocycles. The number of amides is 1. The first-order valence-corrected chi connectivity index (χ1v) is 7.57. The van der Waals surface area contributed by atoms with Gasteiger partial charge in [-0.25, -0.2) is 5.43 Å². The second kappa shape index (κ2) is 8.76. The van der Waals surface area contributed by atoms with Crippen LogP contribution in [-0.2, 0) is 4.79 Å². The Morgan fingerprint density at radius 1 is 1.13 bits per heavy atom. The van der Waals surface area contributed by atoms with E-state index < -0.39 is 0 Å². The van der Waals surface area contributed by atoms with Crippen molar-refractivity contribution in [2.24, 2.45) is 5.10 Å². The summed E-state index contributed by atoms with van der Waals surface area (Å²) in [5, 5.41) is 7.57. The molecule has 0 saturated heterocycles. The van der Waals surface area contributed by atoms with Gasteiger partial charge in [0.1, 0.15) is 0 Å². The summed E-state index contributed by atoms with van der Waals surface area (Å²) in [5.74, 6) is -0.239. The molecule has 0 aliphatic heterocycles. The summed E-state index contributed by atoms with van der Waals surface area (Å²) in [7, 11) is 0. The highest BCUT2D eigenvalue weighted by atomic mass is 35.5. The first kappa shape index (κ1) is 16.8. The highest BCUT2D eigenvalue weighted by molar-refractivity contribution is 6.33. The summed E-state index contributed by atoms with van der Waals surface area (Å²) in [5.41, 5.74) is 5.00. The van der Waals surface area contributed by atoms with E-state index in [0.717, 1.165) is 5.56 Å². The number of carbonyl (C=O) groups excluding carboxylic acids is 1. The number of para-hydroxylation sites is 1. The molecule has 0 atom stereocenters.